The zero-order chi connectivity index (χ0) is 14.7. The molecule has 1 saturated heterocycles. The van der Waals surface area contributed by atoms with E-state index in [-0.39, 0.29) is 29.0 Å². The summed E-state index contributed by atoms with van der Waals surface area (Å²) in [4.78, 5) is 13.9. The van der Waals surface area contributed by atoms with E-state index in [0.29, 0.717) is 25.9 Å². The van der Waals surface area contributed by atoms with Crippen LogP contribution in [0, 0.1) is 0 Å². The molecule has 0 aliphatic carbocycles. The predicted octanol–water partition coefficient (Wildman–Crippen LogP) is 0.800. The van der Waals surface area contributed by atoms with Gasteiger partial charge in [0.1, 0.15) is 0 Å². The SMILES string of the molecule is CCN(C(=O)CCNC(C)(C)C)C1CCS(=O)(=O)C1. The molecule has 1 N–H and O–H groups in total. The van der Waals surface area contributed by atoms with Gasteiger partial charge in [0.25, 0.3) is 0 Å². The number of hydrogen-bond donors (Lipinski definition) is 1. The van der Waals surface area contributed by atoms with Crippen LogP contribution in [0.25, 0.3) is 0 Å². The van der Waals surface area contributed by atoms with Crippen LogP contribution in [-0.4, -0.2) is 55.4 Å². The molecular formula is C13H26N2O3S. The zero-order valence-electron chi connectivity index (χ0n) is 12.4. The average Bonchev–Trinajstić information content (AvgIpc) is 2.58. The third-order valence-electron chi connectivity index (χ3n) is 3.30. The van der Waals surface area contributed by atoms with Gasteiger partial charge in [-0.1, -0.05) is 0 Å². The fourth-order valence-corrected chi connectivity index (χ4v) is 4.08. The Bertz CT molecular complexity index is 412. The lowest BCUT2D eigenvalue weighted by Crippen LogP contribution is -2.43. The van der Waals surface area contributed by atoms with E-state index >= 15 is 0 Å². The Morgan fingerprint density at radius 1 is 1.37 bits per heavy atom. The highest BCUT2D eigenvalue weighted by molar-refractivity contribution is 7.91. The molecule has 1 atom stereocenters. The highest BCUT2D eigenvalue weighted by Gasteiger charge is 2.33. The molecule has 0 radical (unpaired) electrons. The van der Waals surface area contributed by atoms with Gasteiger partial charge in [-0.25, -0.2) is 8.42 Å². The third kappa shape index (κ3) is 5.48. The number of amides is 1. The van der Waals surface area contributed by atoms with Crippen LogP contribution >= 0.6 is 0 Å². The van der Waals surface area contributed by atoms with Crippen molar-refractivity contribution < 1.29 is 13.2 Å². The van der Waals surface area contributed by atoms with Crippen molar-refractivity contribution >= 4 is 15.7 Å². The number of hydrogen-bond acceptors (Lipinski definition) is 4. The van der Waals surface area contributed by atoms with E-state index in [0.717, 1.165) is 0 Å². The van der Waals surface area contributed by atoms with Crippen molar-refractivity contribution in [2.75, 3.05) is 24.6 Å². The molecule has 0 aromatic heterocycles. The summed E-state index contributed by atoms with van der Waals surface area (Å²) >= 11 is 0. The minimum Gasteiger partial charge on any atom is -0.339 e. The molecule has 0 aromatic rings. The van der Waals surface area contributed by atoms with Crippen molar-refractivity contribution in [3.8, 4) is 0 Å². The van der Waals surface area contributed by atoms with E-state index in [4.69, 9.17) is 0 Å². The standard InChI is InChI=1S/C13H26N2O3S/c1-5-15(11-7-9-19(17,18)10-11)12(16)6-8-14-13(2,3)4/h11,14H,5-10H2,1-4H3. The maximum absolute atomic E-state index is 12.1. The van der Waals surface area contributed by atoms with E-state index in [1.807, 2.05) is 6.92 Å². The van der Waals surface area contributed by atoms with Crippen molar-refractivity contribution in [2.45, 2.75) is 52.1 Å². The van der Waals surface area contributed by atoms with Crippen molar-refractivity contribution in [1.29, 1.82) is 0 Å². The van der Waals surface area contributed by atoms with Crippen LogP contribution in [-0.2, 0) is 14.6 Å². The molecule has 112 valence electrons. The maximum Gasteiger partial charge on any atom is 0.224 e. The predicted molar refractivity (Wildman–Crippen MR) is 76.8 cm³/mol. The van der Waals surface area contributed by atoms with Gasteiger partial charge in [0, 0.05) is 31.1 Å². The monoisotopic (exact) mass is 290 g/mol. The Morgan fingerprint density at radius 2 is 2.00 bits per heavy atom. The Hall–Kier alpha value is -0.620. The Morgan fingerprint density at radius 3 is 2.42 bits per heavy atom. The molecule has 1 rings (SSSR count). The minimum absolute atomic E-state index is 0.00593. The highest BCUT2D eigenvalue weighted by Crippen LogP contribution is 2.18. The molecule has 1 amide bonds. The summed E-state index contributed by atoms with van der Waals surface area (Å²) in [5.74, 6) is 0.377. The Kier molecular flexibility index (Phi) is 5.38. The van der Waals surface area contributed by atoms with Gasteiger partial charge in [-0.3, -0.25) is 4.79 Å². The summed E-state index contributed by atoms with van der Waals surface area (Å²) in [5.41, 5.74) is -0.00593. The molecule has 0 aromatic carbocycles. The van der Waals surface area contributed by atoms with E-state index < -0.39 is 9.84 Å². The summed E-state index contributed by atoms with van der Waals surface area (Å²) in [6.45, 7) is 9.27. The maximum atomic E-state index is 12.1. The molecule has 0 bridgehead atoms. The second-order valence-electron chi connectivity index (χ2n) is 6.16. The molecule has 1 heterocycles. The fourth-order valence-electron chi connectivity index (χ4n) is 2.35. The summed E-state index contributed by atoms with van der Waals surface area (Å²) in [6.07, 6.45) is 0.996. The zero-order valence-corrected chi connectivity index (χ0v) is 13.2. The quantitative estimate of drug-likeness (QED) is 0.813. The molecular weight excluding hydrogens is 264 g/mol. The van der Waals surface area contributed by atoms with Crippen LogP contribution in [0.2, 0.25) is 0 Å². The van der Waals surface area contributed by atoms with Crippen molar-refractivity contribution in [3.05, 3.63) is 0 Å². The molecule has 6 heteroatoms. The molecule has 1 aliphatic heterocycles. The number of rotatable bonds is 5. The topological polar surface area (TPSA) is 66.5 Å². The summed E-state index contributed by atoms with van der Waals surface area (Å²) in [5, 5.41) is 3.27. The highest BCUT2D eigenvalue weighted by atomic mass is 32.2. The van der Waals surface area contributed by atoms with E-state index in [1.54, 1.807) is 4.90 Å². The Labute approximate surface area is 116 Å². The average molecular weight is 290 g/mol. The van der Waals surface area contributed by atoms with Crippen molar-refractivity contribution in [3.63, 3.8) is 0 Å². The summed E-state index contributed by atoms with van der Waals surface area (Å²) in [7, 11) is -2.94. The second kappa shape index (κ2) is 6.22. The minimum atomic E-state index is -2.94. The van der Waals surface area contributed by atoms with Crippen molar-refractivity contribution in [2.24, 2.45) is 0 Å². The number of carbonyl (C=O) groups is 1. The second-order valence-corrected chi connectivity index (χ2v) is 8.39. The largest absolute Gasteiger partial charge is 0.339 e. The summed E-state index contributed by atoms with van der Waals surface area (Å²) in [6, 6.07) is -0.128. The molecule has 1 fully saturated rings. The lowest BCUT2D eigenvalue weighted by Gasteiger charge is -2.28. The number of sulfone groups is 1. The van der Waals surface area contributed by atoms with Gasteiger partial charge in [-0.05, 0) is 34.1 Å². The molecule has 5 nitrogen and oxygen atoms in total. The van der Waals surface area contributed by atoms with E-state index in [1.165, 1.54) is 0 Å². The van der Waals surface area contributed by atoms with Gasteiger partial charge in [0.05, 0.1) is 11.5 Å². The fraction of sp³-hybridized carbons (Fsp3) is 0.923. The van der Waals surface area contributed by atoms with Gasteiger partial charge < -0.3 is 10.2 Å². The van der Waals surface area contributed by atoms with Crippen LogP contribution < -0.4 is 5.32 Å². The van der Waals surface area contributed by atoms with Crippen LogP contribution in [0.4, 0.5) is 0 Å². The lowest BCUT2D eigenvalue weighted by atomic mass is 10.1. The van der Waals surface area contributed by atoms with Gasteiger partial charge in [-0.15, -0.1) is 0 Å². The molecule has 0 saturated carbocycles. The first kappa shape index (κ1) is 16.4. The lowest BCUT2D eigenvalue weighted by molar-refractivity contribution is -0.132. The molecule has 19 heavy (non-hydrogen) atoms. The summed E-state index contributed by atoms with van der Waals surface area (Å²) < 4.78 is 23.0. The van der Waals surface area contributed by atoms with Crippen molar-refractivity contribution in [1.82, 2.24) is 10.2 Å². The van der Waals surface area contributed by atoms with Gasteiger partial charge in [0.2, 0.25) is 5.91 Å². The number of nitrogens with one attached hydrogen (secondary N) is 1. The normalized spacial score (nSPS) is 22.4. The molecule has 0 spiro atoms. The van der Waals surface area contributed by atoms with Crippen LogP contribution in [0.5, 0.6) is 0 Å². The van der Waals surface area contributed by atoms with E-state index in [9.17, 15) is 13.2 Å². The van der Waals surface area contributed by atoms with Crippen LogP contribution in [0.15, 0.2) is 0 Å². The first-order valence-corrected chi connectivity index (χ1v) is 8.71. The molecule has 1 aliphatic rings. The third-order valence-corrected chi connectivity index (χ3v) is 5.05. The van der Waals surface area contributed by atoms with Gasteiger partial charge in [0.15, 0.2) is 9.84 Å². The van der Waals surface area contributed by atoms with Crippen LogP contribution in [0.3, 0.4) is 0 Å². The smallest absolute Gasteiger partial charge is 0.224 e. The van der Waals surface area contributed by atoms with Gasteiger partial charge >= 0.3 is 0 Å². The van der Waals surface area contributed by atoms with E-state index in [2.05, 4.69) is 26.1 Å². The first-order chi connectivity index (χ1) is 8.64. The van der Waals surface area contributed by atoms with Gasteiger partial charge in [-0.2, -0.15) is 0 Å². The Balaban J connectivity index is 2.49. The van der Waals surface area contributed by atoms with Crippen LogP contribution in [0.1, 0.15) is 40.5 Å². The molecule has 1 unspecified atom stereocenters. The number of carbonyl (C=O) groups excluding carboxylic acids is 1. The first-order valence-electron chi connectivity index (χ1n) is 6.89. The number of nitrogens with zero attached hydrogens (tertiary/aromatic N) is 1.